The minimum Gasteiger partial charge on any atom is -0.390 e. The van der Waals surface area contributed by atoms with Gasteiger partial charge >= 0.3 is 0 Å². The van der Waals surface area contributed by atoms with Crippen LogP contribution < -0.4 is 5.32 Å². The van der Waals surface area contributed by atoms with E-state index in [1.165, 1.54) is 12.1 Å². The third-order valence-electron chi connectivity index (χ3n) is 2.51. The molecule has 1 aromatic carbocycles. The first kappa shape index (κ1) is 12.3. The normalized spacial score (nSPS) is 16.6. The van der Waals surface area contributed by atoms with Gasteiger partial charge in [0.05, 0.1) is 23.4 Å². The van der Waals surface area contributed by atoms with Gasteiger partial charge in [0, 0.05) is 13.1 Å². The molecule has 0 unspecified atom stereocenters. The second kappa shape index (κ2) is 5.00. The van der Waals surface area contributed by atoms with Crippen molar-refractivity contribution in [2.45, 2.75) is 6.10 Å². The predicted molar refractivity (Wildman–Crippen MR) is 62.5 cm³/mol. The highest BCUT2D eigenvalue weighted by Gasteiger charge is 2.25. The lowest BCUT2D eigenvalue weighted by Crippen LogP contribution is -2.53. The van der Waals surface area contributed by atoms with E-state index in [2.05, 4.69) is 5.32 Å². The lowest BCUT2D eigenvalue weighted by atomic mass is 10.2. The highest BCUT2D eigenvalue weighted by molar-refractivity contribution is 6.33. The number of carbonyl (C=O) groups is 1. The van der Waals surface area contributed by atoms with E-state index in [1.807, 2.05) is 0 Å². The topological polar surface area (TPSA) is 52.6 Å². The SMILES string of the molecule is O=C(CN1CC(O)C1)Nc1ccc(F)cc1Cl. The van der Waals surface area contributed by atoms with Gasteiger partial charge in [0.25, 0.3) is 0 Å². The van der Waals surface area contributed by atoms with E-state index in [0.717, 1.165) is 6.07 Å². The van der Waals surface area contributed by atoms with Crippen LogP contribution in [0.5, 0.6) is 0 Å². The third-order valence-corrected chi connectivity index (χ3v) is 2.82. The molecule has 1 saturated heterocycles. The number of aliphatic hydroxyl groups is 1. The van der Waals surface area contributed by atoms with Gasteiger partial charge in [-0.25, -0.2) is 4.39 Å². The second-order valence-electron chi connectivity index (χ2n) is 4.02. The summed E-state index contributed by atoms with van der Waals surface area (Å²) in [4.78, 5) is 13.4. The molecule has 0 atom stereocenters. The van der Waals surface area contributed by atoms with Crippen LogP contribution in [0.15, 0.2) is 18.2 Å². The van der Waals surface area contributed by atoms with Gasteiger partial charge in [0.1, 0.15) is 5.82 Å². The Balaban J connectivity index is 1.89. The maximum absolute atomic E-state index is 12.8. The van der Waals surface area contributed by atoms with Gasteiger partial charge in [0.2, 0.25) is 5.91 Å². The molecule has 6 heteroatoms. The molecule has 17 heavy (non-hydrogen) atoms. The van der Waals surface area contributed by atoms with Crippen molar-refractivity contribution in [3.05, 3.63) is 29.0 Å². The molecule has 1 fully saturated rings. The van der Waals surface area contributed by atoms with Crippen LogP contribution in [0.25, 0.3) is 0 Å². The molecule has 1 heterocycles. The summed E-state index contributed by atoms with van der Waals surface area (Å²) >= 11 is 5.77. The Bertz CT molecular complexity index is 435. The molecule has 0 spiro atoms. The number of hydrogen-bond donors (Lipinski definition) is 2. The van der Waals surface area contributed by atoms with Crippen molar-refractivity contribution in [3.63, 3.8) is 0 Å². The standard InChI is InChI=1S/C11H12ClFN2O2/c12-9-3-7(13)1-2-10(9)14-11(17)6-15-4-8(16)5-15/h1-3,8,16H,4-6H2,(H,14,17). The summed E-state index contributed by atoms with van der Waals surface area (Å²) < 4.78 is 12.8. The number of anilines is 1. The van der Waals surface area contributed by atoms with E-state index in [0.29, 0.717) is 18.8 Å². The Morgan fingerprint density at radius 1 is 1.59 bits per heavy atom. The molecule has 0 saturated carbocycles. The first-order chi connectivity index (χ1) is 8.04. The zero-order valence-corrected chi connectivity index (χ0v) is 9.75. The van der Waals surface area contributed by atoms with Crippen LogP contribution >= 0.6 is 11.6 Å². The molecule has 1 aliphatic rings. The van der Waals surface area contributed by atoms with Gasteiger partial charge < -0.3 is 10.4 Å². The highest BCUT2D eigenvalue weighted by atomic mass is 35.5. The van der Waals surface area contributed by atoms with Crippen molar-refractivity contribution in [1.82, 2.24) is 4.90 Å². The maximum Gasteiger partial charge on any atom is 0.238 e. The summed E-state index contributed by atoms with van der Waals surface area (Å²) in [5.74, 6) is -0.677. The van der Waals surface area contributed by atoms with Crippen molar-refractivity contribution >= 4 is 23.2 Å². The number of nitrogens with zero attached hydrogens (tertiary/aromatic N) is 1. The van der Waals surface area contributed by atoms with Crippen molar-refractivity contribution in [2.75, 3.05) is 25.0 Å². The Kier molecular flexibility index (Phi) is 3.61. The van der Waals surface area contributed by atoms with Gasteiger partial charge in [-0.15, -0.1) is 0 Å². The molecule has 0 radical (unpaired) electrons. The number of β-amino-alcohol motifs (C(OH)–C–C–N with tert-alkyl or cyclic N) is 1. The zero-order chi connectivity index (χ0) is 12.4. The first-order valence-electron chi connectivity index (χ1n) is 5.20. The van der Waals surface area contributed by atoms with Gasteiger partial charge in [-0.2, -0.15) is 0 Å². The van der Waals surface area contributed by atoms with Gasteiger partial charge in [-0.1, -0.05) is 11.6 Å². The van der Waals surface area contributed by atoms with E-state index < -0.39 is 5.82 Å². The zero-order valence-electron chi connectivity index (χ0n) is 8.99. The van der Waals surface area contributed by atoms with Crippen LogP contribution in [0.3, 0.4) is 0 Å². The summed E-state index contributed by atoms with van der Waals surface area (Å²) in [5, 5.41) is 11.8. The number of likely N-dealkylation sites (tertiary alicyclic amines) is 1. The monoisotopic (exact) mass is 258 g/mol. The number of carbonyl (C=O) groups excluding carboxylic acids is 1. The van der Waals surface area contributed by atoms with E-state index in [9.17, 15) is 9.18 Å². The fraction of sp³-hybridized carbons (Fsp3) is 0.364. The van der Waals surface area contributed by atoms with Crippen molar-refractivity contribution in [2.24, 2.45) is 0 Å². The quantitative estimate of drug-likeness (QED) is 0.854. The number of halogens is 2. The average molecular weight is 259 g/mol. The van der Waals surface area contributed by atoms with E-state index in [1.54, 1.807) is 4.90 Å². The van der Waals surface area contributed by atoms with Gasteiger partial charge in [-0.05, 0) is 18.2 Å². The lowest BCUT2D eigenvalue weighted by Gasteiger charge is -2.35. The number of hydrogen-bond acceptors (Lipinski definition) is 3. The second-order valence-corrected chi connectivity index (χ2v) is 4.43. The summed E-state index contributed by atoms with van der Waals surface area (Å²) in [6, 6.07) is 3.79. The lowest BCUT2D eigenvalue weighted by molar-refractivity contribution is -0.119. The van der Waals surface area contributed by atoms with E-state index in [-0.39, 0.29) is 23.6 Å². The molecule has 92 valence electrons. The Labute approximate surface area is 103 Å². The molecule has 1 aliphatic heterocycles. The smallest absolute Gasteiger partial charge is 0.238 e. The average Bonchev–Trinajstić information content (AvgIpc) is 2.20. The van der Waals surface area contributed by atoms with E-state index in [4.69, 9.17) is 16.7 Å². The van der Waals surface area contributed by atoms with Crippen LogP contribution in [-0.2, 0) is 4.79 Å². The highest BCUT2D eigenvalue weighted by Crippen LogP contribution is 2.22. The Morgan fingerprint density at radius 2 is 2.29 bits per heavy atom. The van der Waals surface area contributed by atoms with Gasteiger partial charge in [-0.3, -0.25) is 9.69 Å². The van der Waals surface area contributed by atoms with Crippen molar-refractivity contribution in [3.8, 4) is 0 Å². The maximum atomic E-state index is 12.8. The van der Waals surface area contributed by atoms with Crippen molar-refractivity contribution < 1.29 is 14.3 Å². The van der Waals surface area contributed by atoms with Crippen molar-refractivity contribution in [1.29, 1.82) is 0 Å². The van der Waals surface area contributed by atoms with Crippen LogP contribution in [0, 0.1) is 5.82 Å². The Hall–Kier alpha value is -1.17. The number of benzene rings is 1. The minimum absolute atomic E-state index is 0.169. The molecule has 2 rings (SSSR count). The molecular weight excluding hydrogens is 247 g/mol. The molecular formula is C11H12ClFN2O2. The molecule has 1 amide bonds. The predicted octanol–water partition coefficient (Wildman–Crippen LogP) is 1.09. The van der Waals surface area contributed by atoms with Crippen LogP contribution in [0.4, 0.5) is 10.1 Å². The fourth-order valence-corrected chi connectivity index (χ4v) is 1.87. The number of aliphatic hydroxyl groups excluding tert-OH is 1. The third kappa shape index (κ3) is 3.15. The molecule has 0 bridgehead atoms. The molecule has 0 aliphatic carbocycles. The first-order valence-corrected chi connectivity index (χ1v) is 5.58. The minimum atomic E-state index is -0.445. The molecule has 1 aromatic rings. The largest absolute Gasteiger partial charge is 0.390 e. The molecule has 4 nitrogen and oxygen atoms in total. The van der Waals surface area contributed by atoms with Crippen LogP contribution in [0.1, 0.15) is 0 Å². The summed E-state index contributed by atoms with van der Waals surface area (Å²) in [5.41, 5.74) is 0.388. The van der Waals surface area contributed by atoms with Crippen LogP contribution in [-0.4, -0.2) is 41.7 Å². The number of nitrogens with one attached hydrogen (secondary N) is 1. The molecule has 2 N–H and O–H groups in total. The summed E-state index contributed by atoms with van der Waals surface area (Å²) in [6.45, 7) is 1.21. The van der Waals surface area contributed by atoms with Crippen LogP contribution in [0.2, 0.25) is 5.02 Å². The van der Waals surface area contributed by atoms with Gasteiger partial charge in [0.15, 0.2) is 0 Å². The van der Waals surface area contributed by atoms with E-state index >= 15 is 0 Å². The molecule has 0 aromatic heterocycles. The summed E-state index contributed by atoms with van der Waals surface area (Å²) in [7, 11) is 0. The number of rotatable bonds is 3. The summed E-state index contributed by atoms with van der Waals surface area (Å²) in [6.07, 6.45) is -0.336. The number of amides is 1. The fourth-order valence-electron chi connectivity index (χ4n) is 1.66. The Morgan fingerprint density at radius 3 is 2.88 bits per heavy atom.